The van der Waals surface area contributed by atoms with Crippen LogP contribution < -0.4 is 4.90 Å². The summed E-state index contributed by atoms with van der Waals surface area (Å²) >= 11 is 0. The van der Waals surface area contributed by atoms with Crippen LogP contribution in [0.15, 0.2) is 60.8 Å². The lowest BCUT2D eigenvalue weighted by molar-refractivity contribution is -0.132. The molecule has 5 nitrogen and oxygen atoms in total. The molecule has 0 unspecified atom stereocenters. The number of aromatic nitrogens is 1. The zero-order valence-corrected chi connectivity index (χ0v) is 15.6. The SMILES string of the molecule is O=C(CN1CC=C(c2ccccc2)CC1)N1CCN(c2ccccn2)CC1. The first-order valence-corrected chi connectivity index (χ1v) is 9.70. The molecule has 4 rings (SSSR count). The summed E-state index contributed by atoms with van der Waals surface area (Å²) in [7, 11) is 0. The van der Waals surface area contributed by atoms with Crippen molar-refractivity contribution in [3.8, 4) is 0 Å². The smallest absolute Gasteiger partial charge is 0.236 e. The van der Waals surface area contributed by atoms with Gasteiger partial charge in [0.05, 0.1) is 6.54 Å². The predicted octanol–water partition coefficient (Wildman–Crippen LogP) is 2.52. The van der Waals surface area contributed by atoms with Gasteiger partial charge in [0.25, 0.3) is 0 Å². The Kier molecular flexibility index (Phi) is 5.49. The molecule has 2 aliphatic heterocycles. The highest BCUT2D eigenvalue weighted by Crippen LogP contribution is 2.22. The van der Waals surface area contributed by atoms with Gasteiger partial charge in [0.15, 0.2) is 0 Å². The van der Waals surface area contributed by atoms with Gasteiger partial charge < -0.3 is 9.80 Å². The maximum absolute atomic E-state index is 12.7. The lowest BCUT2D eigenvalue weighted by Gasteiger charge is -2.36. The van der Waals surface area contributed by atoms with Crippen LogP contribution in [0.2, 0.25) is 0 Å². The van der Waals surface area contributed by atoms with Gasteiger partial charge in [0.2, 0.25) is 5.91 Å². The van der Waals surface area contributed by atoms with Gasteiger partial charge in [-0.2, -0.15) is 0 Å². The molecule has 3 heterocycles. The molecular weight excluding hydrogens is 336 g/mol. The number of anilines is 1. The van der Waals surface area contributed by atoms with E-state index in [1.807, 2.05) is 35.4 Å². The molecule has 140 valence electrons. The summed E-state index contributed by atoms with van der Waals surface area (Å²) < 4.78 is 0. The molecule has 1 aromatic heterocycles. The van der Waals surface area contributed by atoms with Crippen LogP contribution in [0.4, 0.5) is 5.82 Å². The van der Waals surface area contributed by atoms with Gasteiger partial charge in [-0.3, -0.25) is 9.69 Å². The number of benzene rings is 1. The van der Waals surface area contributed by atoms with Crippen LogP contribution in [-0.4, -0.2) is 66.5 Å². The zero-order valence-electron chi connectivity index (χ0n) is 15.6. The first-order valence-electron chi connectivity index (χ1n) is 9.70. The summed E-state index contributed by atoms with van der Waals surface area (Å²) in [5, 5.41) is 0. The van der Waals surface area contributed by atoms with Crippen LogP contribution in [0.1, 0.15) is 12.0 Å². The summed E-state index contributed by atoms with van der Waals surface area (Å²) in [5.41, 5.74) is 2.69. The number of rotatable bonds is 4. The third kappa shape index (κ3) is 4.37. The number of carbonyl (C=O) groups is 1. The van der Waals surface area contributed by atoms with Crippen LogP contribution in [0.25, 0.3) is 5.57 Å². The summed E-state index contributed by atoms with van der Waals surface area (Å²) in [5.74, 6) is 1.24. The first kappa shape index (κ1) is 17.7. The summed E-state index contributed by atoms with van der Waals surface area (Å²) in [6, 6.07) is 16.5. The second-order valence-corrected chi connectivity index (χ2v) is 7.14. The molecule has 0 spiro atoms. The van der Waals surface area contributed by atoms with Crippen molar-refractivity contribution in [2.24, 2.45) is 0 Å². The molecule has 0 aliphatic carbocycles. The van der Waals surface area contributed by atoms with E-state index in [-0.39, 0.29) is 5.91 Å². The molecule has 0 bridgehead atoms. The highest BCUT2D eigenvalue weighted by atomic mass is 16.2. The summed E-state index contributed by atoms with van der Waals surface area (Å²) in [6.45, 7) is 5.55. The van der Waals surface area contributed by atoms with Crippen molar-refractivity contribution in [3.63, 3.8) is 0 Å². The van der Waals surface area contributed by atoms with Gasteiger partial charge in [0.1, 0.15) is 5.82 Å². The van der Waals surface area contributed by atoms with Crippen LogP contribution in [0.5, 0.6) is 0 Å². The Morgan fingerprint density at radius 1 is 0.926 bits per heavy atom. The molecule has 1 aromatic carbocycles. The molecule has 0 saturated carbocycles. The maximum Gasteiger partial charge on any atom is 0.236 e. The van der Waals surface area contributed by atoms with Gasteiger partial charge >= 0.3 is 0 Å². The Labute approximate surface area is 160 Å². The van der Waals surface area contributed by atoms with Crippen molar-refractivity contribution in [2.75, 3.05) is 50.7 Å². The third-order valence-corrected chi connectivity index (χ3v) is 5.40. The fourth-order valence-corrected chi connectivity index (χ4v) is 3.79. The minimum atomic E-state index is 0.243. The number of amides is 1. The van der Waals surface area contributed by atoms with Gasteiger partial charge in [-0.05, 0) is 29.7 Å². The first-order chi connectivity index (χ1) is 13.3. The van der Waals surface area contributed by atoms with Crippen LogP contribution >= 0.6 is 0 Å². The van der Waals surface area contributed by atoms with Crippen molar-refractivity contribution in [1.82, 2.24) is 14.8 Å². The van der Waals surface area contributed by atoms with Crippen LogP contribution in [0.3, 0.4) is 0 Å². The lowest BCUT2D eigenvalue weighted by Crippen LogP contribution is -2.51. The molecular formula is C22H26N4O. The molecule has 0 atom stereocenters. The van der Waals surface area contributed by atoms with E-state index in [2.05, 4.69) is 45.1 Å². The average Bonchev–Trinajstić information content (AvgIpc) is 2.76. The third-order valence-electron chi connectivity index (χ3n) is 5.40. The standard InChI is InChI=1S/C22H26N4O/c27-22(26-16-14-25(15-17-26)21-8-4-5-11-23-21)18-24-12-9-20(10-13-24)19-6-2-1-3-7-19/h1-9,11H,10,12-18H2. The van der Waals surface area contributed by atoms with E-state index >= 15 is 0 Å². The Morgan fingerprint density at radius 2 is 1.70 bits per heavy atom. The van der Waals surface area contributed by atoms with E-state index in [1.165, 1.54) is 11.1 Å². The number of piperazine rings is 1. The second kappa shape index (κ2) is 8.35. The number of carbonyl (C=O) groups excluding carboxylic acids is 1. The average molecular weight is 362 g/mol. The molecule has 1 fully saturated rings. The number of hydrogen-bond donors (Lipinski definition) is 0. The van der Waals surface area contributed by atoms with Gasteiger partial charge in [-0.1, -0.05) is 42.5 Å². The molecule has 0 N–H and O–H groups in total. The van der Waals surface area contributed by atoms with E-state index in [4.69, 9.17) is 0 Å². The van der Waals surface area contributed by atoms with E-state index in [0.29, 0.717) is 6.54 Å². The minimum absolute atomic E-state index is 0.243. The molecule has 5 heteroatoms. The number of pyridine rings is 1. The topological polar surface area (TPSA) is 39.7 Å². The molecule has 1 saturated heterocycles. The largest absolute Gasteiger partial charge is 0.353 e. The predicted molar refractivity (Wildman–Crippen MR) is 109 cm³/mol. The van der Waals surface area contributed by atoms with Gasteiger partial charge in [-0.25, -0.2) is 4.98 Å². The van der Waals surface area contributed by atoms with Crippen LogP contribution in [0, 0.1) is 0 Å². The number of nitrogens with zero attached hydrogens (tertiary/aromatic N) is 4. The van der Waals surface area contributed by atoms with Crippen molar-refractivity contribution >= 4 is 17.3 Å². The minimum Gasteiger partial charge on any atom is -0.353 e. The van der Waals surface area contributed by atoms with E-state index in [1.54, 1.807) is 0 Å². The Hall–Kier alpha value is -2.66. The second-order valence-electron chi connectivity index (χ2n) is 7.14. The maximum atomic E-state index is 12.7. The lowest BCUT2D eigenvalue weighted by atomic mass is 9.99. The zero-order chi connectivity index (χ0) is 18.5. The highest BCUT2D eigenvalue weighted by molar-refractivity contribution is 5.79. The summed E-state index contributed by atoms with van der Waals surface area (Å²) in [4.78, 5) is 23.6. The quantitative estimate of drug-likeness (QED) is 0.838. The molecule has 2 aromatic rings. The van der Waals surface area contributed by atoms with Crippen molar-refractivity contribution in [3.05, 3.63) is 66.4 Å². The normalized spacial score (nSPS) is 18.3. The molecule has 0 radical (unpaired) electrons. The summed E-state index contributed by atoms with van der Waals surface area (Å²) in [6.07, 6.45) is 5.09. The molecule has 2 aliphatic rings. The van der Waals surface area contributed by atoms with Gasteiger partial charge in [-0.15, -0.1) is 0 Å². The Morgan fingerprint density at radius 3 is 2.37 bits per heavy atom. The molecule has 1 amide bonds. The van der Waals surface area contributed by atoms with Gasteiger partial charge in [0, 0.05) is 45.5 Å². The van der Waals surface area contributed by atoms with Crippen molar-refractivity contribution in [2.45, 2.75) is 6.42 Å². The Bertz CT molecular complexity index is 782. The van der Waals surface area contributed by atoms with Crippen molar-refractivity contribution < 1.29 is 4.79 Å². The number of hydrogen-bond acceptors (Lipinski definition) is 4. The molecule has 27 heavy (non-hydrogen) atoms. The van der Waals surface area contributed by atoms with E-state index in [0.717, 1.165) is 51.5 Å². The van der Waals surface area contributed by atoms with E-state index < -0.39 is 0 Å². The van der Waals surface area contributed by atoms with E-state index in [9.17, 15) is 4.79 Å². The van der Waals surface area contributed by atoms with Crippen molar-refractivity contribution in [1.29, 1.82) is 0 Å². The monoisotopic (exact) mass is 362 g/mol. The Balaban J connectivity index is 1.26. The fraction of sp³-hybridized carbons (Fsp3) is 0.364. The van der Waals surface area contributed by atoms with Crippen LogP contribution in [-0.2, 0) is 4.79 Å². The fourth-order valence-electron chi connectivity index (χ4n) is 3.79. The highest BCUT2D eigenvalue weighted by Gasteiger charge is 2.24.